The minimum atomic E-state index is -2.19. The van der Waals surface area contributed by atoms with Crippen LogP contribution in [0.25, 0.3) is 0 Å². The van der Waals surface area contributed by atoms with E-state index in [0.717, 1.165) is 6.04 Å². The van der Waals surface area contributed by atoms with Gasteiger partial charge in [0.15, 0.2) is 0 Å². The first-order valence-electron chi connectivity index (χ1n) is 4.66. The Labute approximate surface area is 87.9 Å². The Kier molecular flexibility index (Phi) is 10.8. The molecule has 86 valence electrons. The van der Waals surface area contributed by atoms with E-state index in [9.17, 15) is 4.79 Å². The molecule has 0 fully saturated rings. The Bertz CT molecular complexity index is 128. The molecule has 0 N–H and O–H groups in total. The molecule has 5 heteroatoms. The molecule has 0 bridgehead atoms. The third-order valence-corrected chi connectivity index (χ3v) is 4.60. The van der Waals surface area contributed by atoms with E-state index in [1.165, 1.54) is 0 Å². The summed E-state index contributed by atoms with van der Waals surface area (Å²) >= 11 is 0. The van der Waals surface area contributed by atoms with Crippen molar-refractivity contribution in [2.45, 2.75) is 33.2 Å². The van der Waals surface area contributed by atoms with Crippen LogP contribution in [0.1, 0.15) is 27.2 Å². The maximum atomic E-state index is 9.81. The number of rotatable bonds is 5. The molecular formula is C9H22O4Si. The molecule has 0 spiro atoms. The summed E-state index contributed by atoms with van der Waals surface area (Å²) in [6.07, 6.45) is 0.667. The van der Waals surface area contributed by atoms with E-state index in [1.807, 2.05) is 13.8 Å². The highest BCUT2D eigenvalue weighted by atomic mass is 28.4. The molecule has 0 aliphatic carbocycles. The van der Waals surface area contributed by atoms with Gasteiger partial charge < -0.3 is 18.1 Å². The van der Waals surface area contributed by atoms with Gasteiger partial charge in [0.2, 0.25) is 0 Å². The molecule has 0 unspecified atom stereocenters. The Morgan fingerprint density at radius 2 is 1.36 bits per heavy atom. The van der Waals surface area contributed by atoms with Crippen LogP contribution in [0.4, 0.5) is 0 Å². The average molecular weight is 222 g/mol. The van der Waals surface area contributed by atoms with Crippen molar-refractivity contribution in [2.24, 2.45) is 0 Å². The summed E-state index contributed by atoms with van der Waals surface area (Å²) in [7, 11) is 2.65. The SMILES string of the molecule is CCC(C)=O.CC[Si](OC)(OC)OC. The van der Waals surface area contributed by atoms with E-state index in [4.69, 9.17) is 13.3 Å². The molecule has 0 saturated heterocycles. The number of Topliss-reactive ketones (excluding diaryl/α,β-unsaturated/α-hetero) is 1. The highest BCUT2D eigenvalue weighted by Crippen LogP contribution is 2.10. The third kappa shape index (κ3) is 7.20. The Hall–Kier alpha value is -0.233. The number of carbonyl (C=O) groups excluding carboxylic acids is 1. The van der Waals surface area contributed by atoms with Crippen molar-refractivity contribution in [1.82, 2.24) is 0 Å². The fourth-order valence-electron chi connectivity index (χ4n) is 0.683. The maximum absolute atomic E-state index is 9.81. The summed E-state index contributed by atoms with van der Waals surface area (Å²) in [5, 5.41) is 0. The zero-order valence-electron chi connectivity index (χ0n) is 10.0. The third-order valence-electron chi connectivity index (χ3n) is 1.86. The van der Waals surface area contributed by atoms with E-state index in [1.54, 1.807) is 28.3 Å². The zero-order chi connectivity index (χ0) is 11.6. The predicted molar refractivity (Wildman–Crippen MR) is 58.2 cm³/mol. The van der Waals surface area contributed by atoms with Gasteiger partial charge in [0.05, 0.1) is 0 Å². The molecule has 0 radical (unpaired) electrons. The van der Waals surface area contributed by atoms with E-state index >= 15 is 0 Å². The van der Waals surface area contributed by atoms with Gasteiger partial charge in [-0.25, -0.2) is 0 Å². The molecule has 0 aromatic rings. The van der Waals surface area contributed by atoms with Gasteiger partial charge in [0, 0.05) is 33.8 Å². The van der Waals surface area contributed by atoms with E-state index in [0.29, 0.717) is 6.42 Å². The van der Waals surface area contributed by atoms with Crippen LogP contribution in [0.2, 0.25) is 6.04 Å². The fourth-order valence-corrected chi connectivity index (χ4v) is 2.05. The van der Waals surface area contributed by atoms with E-state index < -0.39 is 8.80 Å². The summed E-state index contributed by atoms with van der Waals surface area (Å²) in [6.45, 7) is 5.42. The smallest absolute Gasteiger partial charge is 0.377 e. The first kappa shape index (κ1) is 16.2. The molecule has 0 aliphatic heterocycles. The molecule has 0 aromatic heterocycles. The molecule has 0 amide bonds. The van der Waals surface area contributed by atoms with Crippen molar-refractivity contribution in [3.63, 3.8) is 0 Å². The van der Waals surface area contributed by atoms with E-state index in [-0.39, 0.29) is 5.78 Å². The van der Waals surface area contributed by atoms with Crippen LogP contribution in [-0.2, 0) is 18.1 Å². The molecule has 0 rings (SSSR count). The lowest BCUT2D eigenvalue weighted by Crippen LogP contribution is -2.41. The van der Waals surface area contributed by atoms with Crippen LogP contribution in [0.5, 0.6) is 0 Å². The molecule has 14 heavy (non-hydrogen) atoms. The van der Waals surface area contributed by atoms with Gasteiger partial charge >= 0.3 is 8.80 Å². The minimum absolute atomic E-state index is 0.255. The van der Waals surface area contributed by atoms with Gasteiger partial charge in [-0.1, -0.05) is 13.8 Å². The molecule has 0 aliphatic rings. The summed E-state index contributed by atoms with van der Waals surface area (Å²) < 4.78 is 15.2. The van der Waals surface area contributed by atoms with Crippen LogP contribution in [0.3, 0.4) is 0 Å². The monoisotopic (exact) mass is 222 g/mol. The van der Waals surface area contributed by atoms with Crippen molar-refractivity contribution >= 4 is 14.6 Å². The maximum Gasteiger partial charge on any atom is 0.499 e. The van der Waals surface area contributed by atoms with Crippen molar-refractivity contribution in [2.75, 3.05) is 21.3 Å². The standard InChI is InChI=1S/C5H14O3Si.C4H8O/c1-5-9(6-2,7-3)8-4;1-3-4(2)5/h5H2,1-4H3;3H2,1-2H3. The number of hydrogen-bond acceptors (Lipinski definition) is 4. The fraction of sp³-hybridized carbons (Fsp3) is 0.889. The van der Waals surface area contributed by atoms with Gasteiger partial charge in [-0.15, -0.1) is 0 Å². The summed E-state index contributed by atoms with van der Waals surface area (Å²) in [5.41, 5.74) is 0. The second-order valence-corrected chi connectivity index (χ2v) is 6.00. The molecule has 4 nitrogen and oxygen atoms in total. The van der Waals surface area contributed by atoms with Gasteiger partial charge in [-0.05, 0) is 6.92 Å². The van der Waals surface area contributed by atoms with Gasteiger partial charge in [-0.3, -0.25) is 0 Å². The zero-order valence-corrected chi connectivity index (χ0v) is 11.0. The van der Waals surface area contributed by atoms with Crippen molar-refractivity contribution < 1.29 is 18.1 Å². The Balaban J connectivity index is 0. The summed E-state index contributed by atoms with van der Waals surface area (Å²) in [5.74, 6) is 0.255. The van der Waals surface area contributed by atoms with Crippen molar-refractivity contribution in [3.05, 3.63) is 0 Å². The topological polar surface area (TPSA) is 44.8 Å². The van der Waals surface area contributed by atoms with Gasteiger partial charge in [0.25, 0.3) is 0 Å². The summed E-state index contributed by atoms with van der Waals surface area (Å²) in [6, 6.07) is 0.816. The molecule has 0 heterocycles. The number of ketones is 1. The Morgan fingerprint density at radius 1 is 1.07 bits per heavy atom. The normalized spacial score (nSPS) is 10.4. The number of carbonyl (C=O) groups is 1. The predicted octanol–water partition coefficient (Wildman–Crippen LogP) is 1.87. The lowest BCUT2D eigenvalue weighted by Gasteiger charge is -2.22. The van der Waals surface area contributed by atoms with Crippen LogP contribution < -0.4 is 0 Å². The molecule has 0 atom stereocenters. The van der Waals surface area contributed by atoms with E-state index in [2.05, 4.69) is 0 Å². The van der Waals surface area contributed by atoms with Crippen LogP contribution in [-0.4, -0.2) is 35.9 Å². The highest BCUT2D eigenvalue weighted by molar-refractivity contribution is 6.60. The highest BCUT2D eigenvalue weighted by Gasteiger charge is 2.34. The first-order valence-corrected chi connectivity index (χ1v) is 6.59. The number of hydrogen-bond donors (Lipinski definition) is 0. The van der Waals surface area contributed by atoms with Crippen LogP contribution in [0, 0.1) is 0 Å². The molecule has 0 aromatic carbocycles. The van der Waals surface area contributed by atoms with Gasteiger partial charge in [-0.2, -0.15) is 0 Å². The Morgan fingerprint density at radius 3 is 1.36 bits per heavy atom. The second-order valence-electron chi connectivity index (χ2n) is 2.70. The summed E-state index contributed by atoms with van der Waals surface area (Å²) in [4.78, 5) is 9.81. The molecule has 0 saturated carbocycles. The average Bonchev–Trinajstić information content (AvgIpc) is 2.23. The largest absolute Gasteiger partial charge is 0.499 e. The van der Waals surface area contributed by atoms with Crippen LogP contribution >= 0.6 is 0 Å². The lowest BCUT2D eigenvalue weighted by molar-refractivity contribution is -0.116. The molecular weight excluding hydrogens is 200 g/mol. The lowest BCUT2D eigenvalue weighted by atomic mass is 10.4. The quantitative estimate of drug-likeness (QED) is 0.666. The van der Waals surface area contributed by atoms with Crippen molar-refractivity contribution in [1.29, 1.82) is 0 Å². The minimum Gasteiger partial charge on any atom is -0.377 e. The first-order chi connectivity index (χ1) is 6.51. The van der Waals surface area contributed by atoms with Crippen LogP contribution in [0.15, 0.2) is 0 Å². The second kappa shape index (κ2) is 9.33. The van der Waals surface area contributed by atoms with Gasteiger partial charge in [0.1, 0.15) is 5.78 Å². The van der Waals surface area contributed by atoms with Crippen molar-refractivity contribution in [3.8, 4) is 0 Å².